The van der Waals surface area contributed by atoms with Gasteiger partial charge in [0.2, 0.25) is 0 Å². The molecule has 23 heavy (non-hydrogen) atoms. The maximum atomic E-state index is 12.5. The van der Waals surface area contributed by atoms with Crippen molar-refractivity contribution in [3.63, 3.8) is 0 Å². The maximum absolute atomic E-state index is 12.5. The molecule has 1 N–H and O–H groups in total. The van der Waals surface area contributed by atoms with Crippen molar-refractivity contribution >= 4 is 5.91 Å². The van der Waals surface area contributed by atoms with Crippen LogP contribution < -0.4 is 5.32 Å². The van der Waals surface area contributed by atoms with E-state index < -0.39 is 0 Å². The van der Waals surface area contributed by atoms with Crippen molar-refractivity contribution in [1.29, 1.82) is 0 Å². The average Bonchev–Trinajstić information content (AvgIpc) is 3.05. The molecule has 0 bridgehead atoms. The first-order chi connectivity index (χ1) is 10.8. The molecule has 128 valence electrons. The molecule has 1 amide bonds. The van der Waals surface area contributed by atoms with Crippen molar-refractivity contribution in [1.82, 2.24) is 15.4 Å². The molecular weight excluding hydrogens is 294 g/mol. The Morgan fingerprint density at radius 3 is 2.65 bits per heavy atom. The van der Waals surface area contributed by atoms with E-state index in [1.165, 1.54) is 6.26 Å². The number of aromatic nitrogens is 1. The smallest absolute Gasteiger partial charge is 0.259 e. The van der Waals surface area contributed by atoms with Crippen LogP contribution in [-0.2, 0) is 4.74 Å². The van der Waals surface area contributed by atoms with Crippen LogP contribution in [0.4, 0.5) is 0 Å². The predicted molar refractivity (Wildman–Crippen MR) is 86.4 cm³/mol. The third-order valence-corrected chi connectivity index (χ3v) is 4.79. The fraction of sp³-hybridized carbons (Fsp3) is 0.765. The van der Waals surface area contributed by atoms with E-state index in [4.69, 9.17) is 9.26 Å². The molecule has 1 spiro atoms. The van der Waals surface area contributed by atoms with E-state index in [0.29, 0.717) is 17.3 Å². The van der Waals surface area contributed by atoms with Gasteiger partial charge in [0.05, 0.1) is 17.9 Å². The first-order valence-electron chi connectivity index (χ1n) is 8.40. The average molecular weight is 321 g/mol. The highest BCUT2D eigenvalue weighted by molar-refractivity contribution is 5.94. The summed E-state index contributed by atoms with van der Waals surface area (Å²) in [4.78, 5) is 14.4. The number of aryl methyl sites for hydroxylation is 1. The predicted octanol–water partition coefficient (Wildman–Crippen LogP) is 2.13. The summed E-state index contributed by atoms with van der Waals surface area (Å²) in [6, 6.07) is 0.401. The molecule has 2 aliphatic rings. The van der Waals surface area contributed by atoms with E-state index in [1.807, 2.05) is 4.90 Å². The summed E-state index contributed by atoms with van der Waals surface area (Å²) in [5, 5.41) is 7.42. The molecule has 2 aliphatic heterocycles. The zero-order valence-electron chi connectivity index (χ0n) is 14.5. The van der Waals surface area contributed by atoms with Crippen LogP contribution >= 0.6 is 0 Å². The lowest BCUT2D eigenvalue weighted by atomic mass is 9.86. The van der Waals surface area contributed by atoms with Gasteiger partial charge in [0, 0.05) is 24.7 Å². The fourth-order valence-electron chi connectivity index (χ4n) is 3.68. The van der Waals surface area contributed by atoms with Gasteiger partial charge in [0.1, 0.15) is 11.8 Å². The van der Waals surface area contributed by atoms with E-state index in [0.717, 1.165) is 39.0 Å². The molecule has 1 unspecified atom stereocenters. The Hall–Kier alpha value is -1.40. The summed E-state index contributed by atoms with van der Waals surface area (Å²) in [6.07, 6.45) is 4.26. The highest BCUT2D eigenvalue weighted by Gasteiger charge is 2.44. The monoisotopic (exact) mass is 321 g/mol. The number of hydrogen-bond acceptors (Lipinski definition) is 5. The molecule has 1 aromatic rings. The number of rotatable bonds is 2. The van der Waals surface area contributed by atoms with E-state index >= 15 is 0 Å². The Labute approximate surface area is 137 Å². The van der Waals surface area contributed by atoms with E-state index in [9.17, 15) is 4.79 Å². The van der Waals surface area contributed by atoms with Crippen LogP contribution in [0.5, 0.6) is 0 Å². The third-order valence-electron chi connectivity index (χ3n) is 4.79. The second-order valence-corrected chi connectivity index (χ2v) is 7.90. The van der Waals surface area contributed by atoms with Crippen molar-refractivity contribution in [3.8, 4) is 0 Å². The Morgan fingerprint density at radius 2 is 2.09 bits per heavy atom. The summed E-state index contributed by atoms with van der Waals surface area (Å²) >= 11 is 0. The minimum atomic E-state index is -0.0661. The molecule has 2 saturated heterocycles. The molecule has 3 heterocycles. The molecule has 6 nitrogen and oxygen atoms in total. The van der Waals surface area contributed by atoms with Gasteiger partial charge in [-0.3, -0.25) is 4.79 Å². The fourth-order valence-corrected chi connectivity index (χ4v) is 3.68. The van der Waals surface area contributed by atoms with E-state index in [-0.39, 0.29) is 17.0 Å². The first kappa shape index (κ1) is 16.5. The zero-order chi connectivity index (χ0) is 16.7. The number of carbonyl (C=O) groups excluding carboxylic acids is 1. The Kier molecular flexibility index (Phi) is 4.23. The summed E-state index contributed by atoms with van der Waals surface area (Å²) in [5.41, 5.74) is 1.26. The number of piperidine rings is 1. The van der Waals surface area contributed by atoms with E-state index in [2.05, 4.69) is 31.2 Å². The van der Waals surface area contributed by atoms with Crippen LogP contribution in [0.3, 0.4) is 0 Å². The first-order valence-corrected chi connectivity index (χ1v) is 8.40. The number of hydrogen-bond donors (Lipinski definition) is 1. The van der Waals surface area contributed by atoms with Crippen molar-refractivity contribution in [2.75, 3.05) is 19.7 Å². The molecule has 1 aromatic heterocycles. The minimum Gasteiger partial charge on any atom is -0.373 e. The molecule has 3 rings (SSSR count). The van der Waals surface area contributed by atoms with Gasteiger partial charge < -0.3 is 19.5 Å². The van der Waals surface area contributed by atoms with Crippen molar-refractivity contribution in [2.45, 2.75) is 64.1 Å². The maximum Gasteiger partial charge on any atom is 0.259 e. The number of nitrogens with zero attached hydrogens (tertiary/aromatic N) is 2. The second-order valence-electron chi connectivity index (χ2n) is 7.90. The van der Waals surface area contributed by atoms with Crippen LogP contribution in [-0.4, -0.2) is 52.8 Å². The van der Waals surface area contributed by atoms with Crippen molar-refractivity contribution in [2.24, 2.45) is 0 Å². The molecule has 0 aromatic carbocycles. The van der Waals surface area contributed by atoms with Crippen LogP contribution in [0.2, 0.25) is 0 Å². The van der Waals surface area contributed by atoms with Crippen molar-refractivity contribution in [3.05, 3.63) is 17.5 Å². The summed E-state index contributed by atoms with van der Waals surface area (Å²) < 4.78 is 11.0. The molecule has 6 heteroatoms. The van der Waals surface area contributed by atoms with Crippen LogP contribution in [0.25, 0.3) is 0 Å². The lowest BCUT2D eigenvalue weighted by Crippen LogP contribution is -2.48. The Balaban J connectivity index is 1.57. The minimum absolute atomic E-state index is 0.0148. The van der Waals surface area contributed by atoms with Crippen LogP contribution in [0, 0.1) is 6.92 Å². The Bertz CT molecular complexity index is 568. The number of carbonyl (C=O) groups is 1. The van der Waals surface area contributed by atoms with Gasteiger partial charge in [-0.2, -0.15) is 0 Å². The number of ether oxygens (including phenoxy) is 1. The van der Waals surface area contributed by atoms with Crippen molar-refractivity contribution < 1.29 is 14.1 Å². The SMILES string of the molecule is Cc1nocc1C(=O)N1CCC2(CC1)CC(NC(C)(C)C)CO2. The van der Waals surface area contributed by atoms with Gasteiger partial charge in [-0.05, 0) is 47.0 Å². The molecule has 0 aliphatic carbocycles. The summed E-state index contributed by atoms with van der Waals surface area (Å²) in [6.45, 7) is 10.6. The van der Waals surface area contributed by atoms with Crippen LogP contribution in [0.15, 0.2) is 10.8 Å². The highest BCUT2D eigenvalue weighted by Crippen LogP contribution is 2.36. The molecule has 0 saturated carbocycles. The van der Waals surface area contributed by atoms with Gasteiger partial charge in [-0.15, -0.1) is 0 Å². The standard InChI is InChI=1S/C17H27N3O3/c1-12-14(11-23-19-12)15(21)20-7-5-17(6-8-20)9-13(10-22-17)18-16(2,3)4/h11,13,18H,5-10H2,1-4H3. The highest BCUT2D eigenvalue weighted by atomic mass is 16.5. The van der Waals surface area contributed by atoms with Gasteiger partial charge in [-0.25, -0.2) is 0 Å². The topological polar surface area (TPSA) is 67.6 Å². The molecule has 1 atom stereocenters. The van der Waals surface area contributed by atoms with E-state index in [1.54, 1.807) is 6.92 Å². The lowest BCUT2D eigenvalue weighted by Gasteiger charge is -2.38. The number of likely N-dealkylation sites (tertiary alicyclic amines) is 1. The largest absolute Gasteiger partial charge is 0.373 e. The van der Waals surface area contributed by atoms with Crippen LogP contribution in [0.1, 0.15) is 56.1 Å². The van der Waals surface area contributed by atoms with Gasteiger partial charge >= 0.3 is 0 Å². The molecule has 2 fully saturated rings. The lowest BCUT2D eigenvalue weighted by molar-refractivity contribution is -0.0390. The number of amides is 1. The van der Waals surface area contributed by atoms with Gasteiger partial charge in [0.25, 0.3) is 5.91 Å². The normalized spacial score (nSPS) is 24.3. The van der Waals surface area contributed by atoms with Gasteiger partial charge in [-0.1, -0.05) is 5.16 Å². The second kappa shape index (κ2) is 5.91. The zero-order valence-corrected chi connectivity index (χ0v) is 14.5. The summed E-state index contributed by atoms with van der Waals surface area (Å²) in [7, 11) is 0. The Morgan fingerprint density at radius 1 is 1.39 bits per heavy atom. The van der Waals surface area contributed by atoms with Gasteiger partial charge in [0.15, 0.2) is 0 Å². The summed E-state index contributed by atoms with van der Waals surface area (Å²) in [5.74, 6) is 0.0148. The molecule has 0 radical (unpaired) electrons. The molecular formula is C17H27N3O3. The third kappa shape index (κ3) is 3.58. The quantitative estimate of drug-likeness (QED) is 0.904. The number of nitrogens with one attached hydrogen (secondary N) is 1.